The zero-order chi connectivity index (χ0) is 20.7. The van der Waals surface area contributed by atoms with Gasteiger partial charge in [-0.1, -0.05) is 73.7 Å². The molecule has 30 heavy (non-hydrogen) atoms. The molecule has 0 saturated carbocycles. The van der Waals surface area contributed by atoms with E-state index in [1.165, 1.54) is 32.8 Å². The fourth-order valence-corrected chi connectivity index (χ4v) is 5.35. The van der Waals surface area contributed by atoms with Crippen molar-refractivity contribution in [2.24, 2.45) is 0 Å². The van der Waals surface area contributed by atoms with Crippen LogP contribution < -0.4 is 5.73 Å². The third-order valence-electron chi connectivity index (χ3n) is 6.70. The fourth-order valence-electron chi connectivity index (χ4n) is 5.35. The summed E-state index contributed by atoms with van der Waals surface area (Å²) in [5.74, 6) is 0.659. The highest BCUT2D eigenvalue weighted by molar-refractivity contribution is 6.14. The van der Waals surface area contributed by atoms with Gasteiger partial charge in [0.2, 0.25) is 0 Å². The number of carbonyl (C=O) groups excluding carboxylic acids is 1. The molecule has 0 fully saturated rings. The molecule has 0 heterocycles. The van der Waals surface area contributed by atoms with Gasteiger partial charge in [-0.3, -0.25) is 4.79 Å². The van der Waals surface area contributed by atoms with E-state index < -0.39 is 0 Å². The Morgan fingerprint density at radius 3 is 2.33 bits per heavy atom. The van der Waals surface area contributed by atoms with Gasteiger partial charge < -0.3 is 5.73 Å². The highest BCUT2D eigenvalue weighted by Gasteiger charge is 2.33. The van der Waals surface area contributed by atoms with Crippen molar-refractivity contribution in [2.45, 2.75) is 44.4 Å². The van der Waals surface area contributed by atoms with Crippen LogP contribution in [-0.2, 0) is 4.79 Å². The molecule has 0 saturated heterocycles. The third kappa shape index (κ3) is 2.99. The van der Waals surface area contributed by atoms with Crippen LogP contribution in [0.25, 0.3) is 21.5 Å². The van der Waals surface area contributed by atoms with Gasteiger partial charge in [-0.2, -0.15) is 0 Å². The maximum Gasteiger partial charge on any atom is 0.140 e. The number of nitrogens with two attached hydrogens (primary N) is 1. The maximum absolute atomic E-state index is 13.0. The van der Waals surface area contributed by atoms with E-state index in [-0.39, 0.29) is 11.8 Å². The molecule has 2 heteroatoms. The number of anilines is 1. The van der Waals surface area contributed by atoms with Gasteiger partial charge in [-0.15, -0.1) is 0 Å². The summed E-state index contributed by atoms with van der Waals surface area (Å²) in [6, 6.07) is 25.6. The second-order valence-electron chi connectivity index (χ2n) is 8.48. The first-order valence-electron chi connectivity index (χ1n) is 11.0. The summed E-state index contributed by atoms with van der Waals surface area (Å²) in [6.45, 7) is 2.08. The Bertz CT molecular complexity index is 1240. The number of benzene rings is 4. The largest absolute Gasteiger partial charge is 0.398 e. The number of carbonyl (C=O) groups is 1. The van der Waals surface area contributed by atoms with Crippen LogP contribution in [0.1, 0.15) is 61.1 Å². The van der Waals surface area contributed by atoms with Crippen molar-refractivity contribution < 1.29 is 4.79 Å². The molecule has 2 atom stereocenters. The van der Waals surface area contributed by atoms with Gasteiger partial charge in [0.05, 0.1) is 0 Å². The number of hydrogen-bond donors (Lipinski definition) is 1. The van der Waals surface area contributed by atoms with Gasteiger partial charge in [0.15, 0.2) is 0 Å². The minimum absolute atomic E-state index is 0.00277. The highest BCUT2D eigenvalue weighted by atomic mass is 16.1. The summed E-state index contributed by atoms with van der Waals surface area (Å²) in [5, 5.41) is 4.70. The Labute approximate surface area is 177 Å². The van der Waals surface area contributed by atoms with E-state index in [4.69, 9.17) is 5.73 Å². The lowest BCUT2D eigenvalue weighted by atomic mass is 9.70. The molecule has 0 aromatic heterocycles. The molecular formula is C28H27NO. The lowest BCUT2D eigenvalue weighted by molar-refractivity contribution is -0.120. The van der Waals surface area contributed by atoms with Crippen LogP contribution in [0.5, 0.6) is 0 Å². The standard InChI is InChI=1S/C28H27NO/c1-2-8-27(30)23-15-13-19(18-9-4-3-5-10-18)28-24(23)16-14-21-20-11-6-7-12-22(20)26(29)17-25(21)28/h3-7,9-12,14,16-17,19,23H,2,8,13,15,29H2,1H3. The Kier molecular flexibility index (Phi) is 4.78. The van der Waals surface area contributed by atoms with Gasteiger partial charge in [-0.25, -0.2) is 0 Å². The Hall–Kier alpha value is -3.13. The van der Waals surface area contributed by atoms with Gasteiger partial charge in [0.1, 0.15) is 5.78 Å². The van der Waals surface area contributed by atoms with E-state index >= 15 is 0 Å². The minimum Gasteiger partial charge on any atom is -0.398 e. The summed E-state index contributed by atoms with van der Waals surface area (Å²) in [6.07, 6.45) is 3.46. The molecule has 1 aliphatic rings. The van der Waals surface area contributed by atoms with Crippen LogP contribution in [0.15, 0.2) is 72.8 Å². The van der Waals surface area contributed by atoms with Crippen LogP contribution >= 0.6 is 0 Å². The number of hydrogen-bond acceptors (Lipinski definition) is 2. The van der Waals surface area contributed by atoms with Crippen molar-refractivity contribution >= 4 is 33.0 Å². The number of Topliss-reactive ketones (excluding diaryl/α,β-unsaturated/α-hetero) is 1. The molecule has 2 unspecified atom stereocenters. The first-order chi connectivity index (χ1) is 14.7. The SMILES string of the molecule is CCCC(=O)C1CCC(c2ccccc2)c2c1ccc1c2cc(N)c2ccccc21. The smallest absolute Gasteiger partial charge is 0.140 e. The number of ketones is 1. The van der Waals surface area contributed by atoms with Gasteiger partial charge in [-0.05, 0) is 58.2 Å². The van der Waals surface area contributed by atoms with Crippen LogP contribution in [0.2, 0.25) is 0 Å². The predicted molar refractivity (Wildman–Crippen MR) is 126 cm³/mol. The lowest BCUT2D eigenvalue weighted by Gasteiger charge is -2.33. The molecule has 2 N–H and O–H groups in total. The van der Waals surface area contributed by atoms with Gasteiger partial charge in [0, 0.05) is 29.3 Å². The lowest BCUT2D eigenvalue weighted by Crippen LogP contribution is -2.22. The van der Waals surface area contributed by atoms with Crippen LogP contribution in [0, 0.1) is 0 Å². The van der Waals surface area contributed by atoms with Crippen molar-refractivity contribution in [1.82, 2.24) is 0 Å². The highest BCUT2D eigenvalue weighted by Crippen LogP contribution is 2.47. The summed E-state index contributed by atoms with van der Waals surface area (Å²) in [4.78, 5) is 13.0. The number of nitrogen functional groups attached to an aromatic ring is 1. The first kappa shape index (κ1) is 18.9. The third-order valence-corrected chi connectivity index (χ3v) is 6.70. The molecule has 4 aromatic carbocycles. The monoisotopic (exact) mass is 393 g/mol. The Morgan fingerprint density at radius 1 is 0.867 bits per heavy atom. The molecule has 150 valence electrons. The average molecular weight is 394 g/mol. The Morgan fingerprint density at radius 2 is 1.57 bits per heavy atom. The van der Waals surface area contributed by atoms with Crippen LogP contribution in [0.3, 0.4) is 0 Å². The summed E-state index contributed by atoms with van der Waals surface area (Å²) < 4.78 is 0. The molecule has 5 rings (SSSR count). The molecule has 0 aliphatic heterocycles. The van der Waals surface area contributed by atoms with E-state index in [9.17, 15) is 4.79 Å². The van der Waals surface area contributed by atoms with Crippen molar-refractivity contribution in [1.29, 1.82) is 0 Å². The minimum atomic E-state index is -0.00277. The molecule has 2 nitrogen and oxygen atoms in total. The second-order valence-corrected chi connectivity index (χ2v) is 8.48. The number of fused-ring (bicyclic) bond motifs is 5. The Balaban J connectivity index is 1.82. The normalized spacial score (nSPS) is 18.4. The molecule has 0 radical (unpaired) electrons. The van der Waals surface area contributed by atoms with E-state index in [1.807, 2.05) is 6.07 Å². The van der Waals surface area contributed by atoms with E-state index in [2.05, 4.69) is 73.7 Å². The van der Waals surface area contributed by atoms with Crippen LogP contribution in [-0.4, -0.2) is 5.78 Å². The van der Waals surface area contributed by atoms with E-state index in [0.29, 0.717) is 12.2 Å². The van der Waals surface area contributed by atoms with E-state index in [1.54, 1.807) is 0 Å². The second kappa shape index (κ2) is 7.60. The fraction of sp³-hybridized carbons (Fsp3) is 0.250. The van der Waals surface area contributed by atoms with Crippen molar-refractivity contribution in [3.8, 4) is 0 Å². The van der Waals surface area contributed by atoms with Gasteiger partial charge >= 0.3 is 0 Å². The van der Waals surface area contributed by atoms with Crippen LogP contribution in [0.4, 0.5) is 5.69 Å². The van der Waals surface area contributed by atoms with Gasteiger partial charge in [0.25, 0.3) is 0 Å². The molecule has 4 aromatic rings. The molecule has 0 bridgehead atoms. The first-order valence-corrected chi connectivity index (χ1v) is 11.0. The average Bonchev–Trinajstić information content (AvgIpc) is 2.79. The topological polar surface area (TPSA) is 43.1 Å². The predicted octanol–water partition coefficient (Wildman–Crippen LogP) is 6.95. The zero-order valence-corrected chi connectivity index (χ0v) is 17.4. The quantitative estimate of drug-likeness (QED) is 0.301. The molecule has 0 spiro atoms. The van der Waals surface area contributed by atoms with E-state index in [0.717, 1.165) is 30.3 Å². The van der Waals surface area contributed by atoms with Crippen molar-refractivity contribution in [3.05, 3.63) is 89.5 Å². The molecule has 1 aliphatic carbocycles. The summed E-state index contributed by atoms with van der Waals surface area (Å²) in [5.41, 5.74) is 11.1. The molecule has 0 amide bonds. The number of rotatable bonds is 4. The summed E-state index contributed by atoms with van der Waals surface area (Å²) >= 11 is 0. The van der Waals surface area contributed by atoms with Crippen molar-refractivity contribution in [2.75, 3.05) is 5.73 Å². The zero-order valence-electron chi connectivity index (χ0n) is 17.4. The molecular weight excluding hydrogens is 366 g/mol. The van der Waals surface area contributed by atoms with Crippen molar-refractivity contribution in [3.63, 3.8) is 0 Å². The summed E-state index contributed by atoms with van der Waals surface area (Å²) in [7, 11) is 0. The maximum atomic E-state index is 13.0.